The second-order valence-corrected chi connectivity index (χ2v) is 6.74. The van der Waals surface area contributed by atoms with Gasteiger partial charge < -0.3 is 5.32 Å². The van der Waals surface area contributed by atoms with Gasteiger partial charge in [0.1, 0.15) is 0 Å². The van der Waals surface area contributed by atoms with E-state index < -0.39 is 0 Å². The summed E-state index contributed by atoms with van der Waals surface area (Å²) in [4.78, 5) is 4.09. The predicted molar refractivity (Wildman–Crippen MR) is 95.0 cm³/mol. The van der Waals surface area contributed by atoms with E-state index in [9.17, 15) is 0 Å². The molecule has 1 N–H and O–H groups in total. The Balaban J connectivity index is 2.34. The van der Waals surface area contributed by atoms with Crippen molar-refractivity contribution < 1.29 is 0 Å². The molecule has 3 heteroatoms. The minimum atomic E-state index is 0.639. The molecular formula is C18H28N2S. The molecule has 0 radical (unpaired) electrons. The standard InChI is InChI=1S/C18H28N2S/c1-5-14(4)20(7-3)13-16-15-10-8-9-11-17(15)21-18(16)12-19-6-2/h8-11,14,19H,5-7,12-13H2,1-4H3. The zero-order valence-electron chi connectivity index (χ0n) is 13.8. The van der Waals surface area contributed by atoms with Crippen LogP contribution in [0.3, 0.4) is 0 Å². The number of benzene rings is 1. The van der Waals surface area contributed by atoms with Crippen LogP contribution in [0.4, 0.5) is 0 Å². The molecule has 1 heterocycles. The fourth-order valence-electron chi connectivity index (χ4n) is 2.74. The van der Waals surface area contributed by atoms with Crippen molar-refractivity contribution in [2.75, 3.05) is 13.1 Å². The number of hydrogen-bond donors (Lipinski definition) is 1. The summed E-state index contributed by atoms with van der Waals surface area (Å²) in [5.41, 5.74) is 1.53. The van der Waals surface area contributed by atoms with Crippen LogP contribution in [0.1, 0.15) is 44.6 Å². The van der Waals surface area contributed by atoms with Gasteiger partial charge in [-0.2, -0.15) is 0 Å². The minimum absolute atomic E-state index is 0.639. The van der Waals surface area contributed by atoms with Crippen molar-refractivity contribution in [2.24, 2.45) is 0 Å². The Labute approximate surface area is 133 Å². The van der Waals surface area contributed by atoms with E-state index in [4.69, 9.17) is 0 Å². The van der Waals surface area contributed by atoms with Crippen LogP contribution in [0, 0.1) is 0 Å². The zero-order chi connectivity index (χ0) is 15.2. The van der Waals surface area contributed by atoms with E-state index in [1.165, 1.54) is 26.9 Å². The Kier molecular flexibility index (Phi) is 6.22. The van der Waals surface area contributed by atoms with Crippen LogP contribution in [-0.2, 0) is 13.1 Å². The van der Waals surface area contributed by atoms with Crippen LogP contribution >= 0.6 is 11.3 Å². The molecule has 2 rings (SSSR count). The second kappa shape index (κ2) is 7.92. The molecule has 0 saturated heterocycles. The van der Waals surface area contributed by atoms with Gasteiger partial charge in [0.25, 0.3) is 0 Å². The van der Waals surface area contributed by atoms with Crippen molar-refractivity contribution in [1.29, 1.82) is 0 Å². The van der Waals surface area contributed by atoms with Gasteiger partial charge in [-0.25, -0.2) is 0 Å². The maximum absolute atomic E-state index is 3.49. The van der Waals surface area contributed by atoms with E-state index in [0.717, 1.165) is 26.2 Å². The average molecular weight is 305 g/mol. The number of fused-ring (bicyclic) bond motifs is 1. The highest BCUT2D eigenvalue weighted by atomic mass is 32.1. The van der Waals surface area contributed by atoms with E-state index in [1.807, 2.05) is 11.3 Å². The third-order valence-electron chi connectivity index (χ3n) is 4.30. The Morgan fingerprint density at radius 1 is 1.19 bits per heavy atom. The van der Waals surface area contributed by atoms with E-state index in [2.05, 4.69) is 62.2 Å². The van der Waals surface area contributed by atoms with Crippen LogP contribution in [0.5, 0.6) is 0 Å². The van der Waals surface area contributed by atoms with E-state index >= 15 is 0 Å². The molecule has 2 nitrogen and oxygen atoms in total. The van der Waals surface area contributed by atoms with Gasteiger partial charge >= 0.3 is 0 Å². The van der Waals surface area contributed by atoms with Crippen LogP contribution < -0.4 is 5.32 Å². The summed E-state index contributed by atoms with van der Waals surface area (Å²) in [5, 5.41) is 4.93. The molecule has 1 aromatic heterocycles. The van der Waals surface area contributed by atoms with Crippen molar-refractivity contribution in [3.63, 3.8) is 0 Å². The minimum Gasteiger partial charge on any atom is -0.312 e. The molecule has 0 aliphatic carbocycles. The maximum Gasteiger partial charge on any atom is 0.0349 e. The van der Waals surface area contributed by atoms with Gasteiger partial charge in [0.15, 0.2) is 0 Å². The van der Waals surface area contributed by atoms with Crippen molar-refractivity contribution in [3.8, 4) is 0 Å². The molecule has 2 aromatic rings. The van der Waals surface area contributed by atoms with Crippen LogP contribution in [0.2, 0.25) is 0 Å². The first kappa shape index (κ1) is 16.5. The maximum atomic E-state index is 3.49. The first-order valence-electron chi connectivity index (χ1n) is 8.15. The highest BCUT2D eigenvalue weighted by Gasteiger charge is 2.17. The highest BCUT2D eigenvalue weighted by Crippen LogP contribution is 2.32. The fourth-order valence-corrected chi connectivity index (χ4v) is 3.93. The van der Waals surface area contributed by atoms with Gasteiger partial charge in [-0.3, -0.25) is 4.90 Å². The van der Waals surface area contributed by atoms with Gasteiger partial charge in [-0.05, 0) is 43.5 Å². The molecule has 1 unspecified atom stereocenters. The highest BCUT2D eigenvalue weighted by molar-refractivity contribution is 7.19. The molecule has 1 aromatic carbocycles. The lowest BCUT2D eigenvalue weighted by Crippen LogP contribution is -2.32. The predicted octanol–water partition coefficient (Wildman–Crippen LogP) is 4.63. The molecule has 0 amide bonds. The number of rotatable bonds is 8. The molecule has 0 aliphatic rings. The molecule has 0 fully saturated rings. The van der Waals surface area contributed by atoms with Crippen LogP contribution in [0.25, 0.3) is 10.1 Å². The topological polar surface area (TPSA) is 15.3 Å². The summed E-state index contributed by atoms with van der Waals surface area (Å²) in [5.74, 6) is 0. The Morgan fingerprint density at radius 3 is 2.62 bits per heavy atom. The third-order valence-corrected chi connectivity index (χ3v) is 5.51. The van der Waals surface area contributed by atoms with Gasteiger partial charge in [-0.1, -0.05) is 39.0 Å². The summed E-state index contributed by atoms with van der Waals surface area (Å²) in [7, 11) is 0. The second-order valence-electron chi connectivity index (χ2n) is 5.60. The summed E-state index contributed by atoms with van der Waals surface area (Å²) >= 11 is 1.95. The normalized spacial score (nSPS) is 13.2. The average Bonchev–Trinajstić information content (AvgIpc) is 2.87. The first-order valence-corrected chi connectivity index (χ1v) is 8.96. The van der Waals surface area contributed by atoms with Gasteiger partial charge in [-0.15, -0.1) is 11.3 Å². The molecule has 0 aliphatic heterocycles. The molecular weight excluding hydrogens is 276 g/mol. The summed E-state index contributed by atoms with van der Waals surface area (Å²) in [6.07, 6.45) is 1.21. The number of thiophene rings is 1. The lowest BCUT2D eigenvalue weighted by Gasteiger charge is -2.27. The third kappa shape index (κ3) is 3.85. The lowest BCUT2D eigenvalue weighted by atomic mass is 10.1. The van der Waals surface area contributed by atoms with Gasteiger partial charge in [0, 0.05) is 28.7 Å². The van der Waals surface area contributed by atoms with Crippen molar-refractivity contribution in [1.82, 2.24) is 10.2 Å². The first-order chi connectivity index (χ1) is 10.2. The van der Waals surface area contributed by atoms with E-state index in [1.54, 1.807) is 0 Å². The van der Waals surface area contributed by atoms with E-state index in [0.29, 0.717) is 6.04 Å². The molecule has 0 saturated carbocycles. The number of nitrogens with zero attached hydrogens (tertiary/aromatic N) is 1. The molecule has 0 spiro atoms. The molecule has 0 bridgehead atoms. The fraction of sp³-hybridized carbons (Fsp3) is 0.556. The lowest BCUT2D eigenvalue weighted by molar-refractivity contribution is 0.206. The van der Waals surface area contributed by atoms with Crippen LogP contribution in [0.15, 0.2) is 24.3 Å². The largest absolute Gasteiger partial charge is 0.312 e. The molecule has 21 heavy (non-hydrogen) atoms. The van der Waals surface area contributed by atoms with E-state index in [-0.39, 0.29) is 0 Å². The summed E-state index contributed by atoms with van der Waals surface area (Å²) in [6, 6.07) is 9.47. The quantitative estimate of drug-likeness (QED) is 0.765. The zero-order valence-corrected chi connectivity index (χ0v) is 14.6. The number of hydrogen-bond acceptors (Lipinski definition) is 3. The Morgan fingerprint density at radius 2 is 1.95 bits per heavy atom. The van der Waals surface area contributed by atoms with Crippen molar-refractivity contribution in [3.05, 3.63) is 34.7 Å². The monoisotopic (exact) mass is 304 g/mol. The van der Waals surface area contributed by atoms with Gasteiger partial charge in [0.2, 0.25) is 0 Å². The number of nitrogens with one attached hydrogen (secondary N) is 1. The van der Waals surface area contributed by atoms with Gasteiger partial charge in [0.05, 0.1) is 0 Å². The van der Waals surface area contributed by atoms with Crippen LogP contribution in [-0.4, -0.2) is 24.0 Å². The van der Waals surface area contributed by atoms with Crippen molar-refractivity contribution >= 4 is 21.4 Å². The van der Waals surface area contributed by atoms with Crippen molar-refractivity contribution in [2.45, 2.75) is 53.2 Å². The SMILES string of the molecule is CCNCc1sc2ccccc2c1CN(CC)C(C)CC. The molecule has 1 atom stereocenters. The smallest absolute Gasteiger partial charge is 0.0349 e. The molecule has 116 valence electrons. The summed E-state index contributed by atoms with van der Waals surface area (Å²) in [6.45, 7) is 13.2. The summed E-state index contributed by atoms with van der Waals surface area (Å²) < 4.78 is 1.42. The Bertz CT molecular complexity index is 561. The Hall–Kier alpha value is -0.900.